The molecular formula is C37H63N5O5S. The van der Waals surface area contributed by atoms with Crippen LogP contribution in [0.25, 0.3) is 0 Å². The maximum absolute atomic E-state index is 14.1. The summed E-state index contributed by atoms with van der Waals surface area (Å²) in [7, 11) is 5.10. The highest BCUT2D eigenvalue weighted by Crippen LogP contribution is 2.29. The predicted molar refractivity (Wildman–Crippen MR) is 196 cm³/mol. The minimum Gasteiger partial charge on any atom is -0.379 e. The quantitative estimate of drug-likeness (QED) is 0.189. The minimum atomic E-state index is -0.720. The summed E-state index contributed by atoms with van der Waals surface area (Å²) in [5.74, 6) is -0.468. The summed E-state index contributed by atoms with van der Waals surface area (Å²) in [6, 6.07) is 8.54. The van der Waals surface area contributed by atoms with Gasteiger partial charge in [0.15, 0.2) is 0 Å². The third-order valence-electron chi connectivity index (χ3n) is 9.89. The van der Waals surface area contributed by atoms with E-state index in [-0.39, 0.29) is 65.1 Å². The van der Waals surface area contributed by atoms with Crippen LogP contribution in [0.4, 0.5) is 0 Å². The first-order valence-corrected chi connectivity index (χ1v) is 19.0. The van der Waals surface area contributed by atoms with Gasteiger partial charge in [-0.3, -0.25) is 19.2 Å². The first-order chi connectivity index (χ1) is 22.8. The number of likely N-dealkylation sites (N-methyl/N-ethyl adjacent to an activating group) is 2. The van der Waals surface area contributed by atoms with Crippen LogP contribution >= 0.6 is 11.8 Å². The zero-order chi connectivity index (χ0) is 36.0. The minimum absolute atomic E-state index is 0.00528. The fourth-order valence-corrected chi connectivity index (χ4v) is 7.53. The highest BCUT2D eigenvalue weighted by Gasteiger charge is 2.40. The molecule has 272 valence electrons. The molecule has 0 radical (unpaired) electrons. The second-order valence-electron chi connectivity index (χ2n) is 13.9. The van der Waals surface area contributed by atoms with Crippen LogP contribution in [0.3, 0.4) is 0 Å². The number of hydrogen-bond donors (Lipinski definition) is 3. The summed E-state index contributed by atoms with van der Waals surface area (Å²) in [5, 5.41) is 8.89. The van der Waals surface area contributed by atoms with Gasteiger partial charge in [0.05, 0.1) is 29.9 Å². The summed E-state index contributed by atoms with van der Waals surface area (Å²) in [4.78, 5) is 57.9. The number of carbonyl (C=O) groups excluding carboxylic acids is 4. The SMILES string of the molecule is CCC(C)C(C(CC(=O)N1CCCC1CC(SC)C(=O)NCCc1ccccc1)OC)N(C)C(=O)C(NC(=O)C(NC)C(C)C)C(C)C. The average Bonchev–Trinajstić information content (AvgIpc) is 3.54. The highest BCUT2D eigenvalue weighted by atomic mass is 32.2. The number of thioether (sulfide) groups is 1. The summed E-state index contributed by atoms with van der Waals surface area (Å²) >= 11 is 1.52. The molecule has 1 aliphatic rings. The van der Waals surface area contributed by atoms with Crippen LogP contribution < -0.4 is 16.0 Å². The lowest BCUT2D eigenvalue weighted by Gasteiger charge is -2.40. The van der Waals surface area contributed by atoms with Crippen molar-refractivity contribution in [3.05, 3.63) is 35.9 Å². The summed E-state index contributed by atoms with van der Waals surface area (Å²) in [6.45, 7) is 13.1. The second-order valence-corrected chi connectivity index (χ2v) is 15.0. The number of benzene rings is 1. The Labute approximate surface area is 294 Å². The molecule has 4 amide bonds. The lowest BCUT2D eigenvalue weighted by atomic mass is 9.89. The maximum Gasteiger partial charge on any atom is 0.245 e. The smallest absolute Gasteiger partial charge is 0.245 e. The number of carbonyl (C=O) groups is 4. The lowest BCUT2D eigenvalue weighted by molar-refractivity contribution is -0.146. The van der Waals surface area contributed by atoms with Crippen LogP contribution in [0, 0.1) is 17.8 Å². The first kappa shape index (κ1) is 41.5. The number of amides is 4. The zero-order valence-electron chi connectivity index (χ0n) is 31.1. The van der Waals surface area contributed by atoms with Gasteiger partial charge in [-0.15, -0.1) is 0 Å². The molecule has 1 aromatic carbocycles. The van der Waals surface area contributed by atoms with E-state index >= 15 is 0 Å². The molecule has 3 N–H and O–H groups in total. The molecule has 10 nitrogen and oxygen atoms in total. The van der Waals surface area contributed by atoms with Gasteiger partial charge in [0.2, 0.25) is 23.6 Å². The normalized spacial score (nSPS) is 18.6. The fourth-order valence-electron chi connectivity index (χ4n) is 6.82. The molecule has 1 heterocycles. The maximum atomic E-state index is 14.1. The van der Waals surface area contributed by atoms with Gasteiger partial charge in [-0.1, -0.05) is 78.3 Å². The van der Waals surface area contributed by atoms with Crippen molar-refractivity contribution in [3.8, 4) is 0 Å². The number of nitrogens with zero attached hydrogens (tertiary/aromatic N) is 2. The number of hydrogen-bond acceptors (Lipinski definition) is 7. The van der Waals surface area contributed by atoms with Crippen molar-refractivity contribution in [2.45, 2.75) is 116 Å². The molecule has 1 saturated heterocycles. The Kier molecular flexibility index (Phi) is 18.0. The summed E-state index contributed by atoms with van der Waals surface area (Å²) in [6.07, 6.45) is 5.42. The van der Waals surface area contributed by atoms with E-state index in [9.17, 15) is 19.2 Å². The van der Waals surface area contributed by atoms with Gasteiger partial charge in [-0.05, 0) is 62.3 Å². The Morgan fingerprint density at radius 3 is 2.21 bits per heavy atom. The molecule has 0 saturated carbocycles. The van der Waals surface area contributed by atoms with Crippen molar-refractivity contribution in [1.82, 2.24) is 25.8 Å². The molecule has 7 unspecified atom stereocenters. The van der Waals surface area contributed by atoms with E-state index in [2.05, 4.69) is 41.9 Å². The molecule has 0 bridgehead atoms. The van der Waals surface area contributed by atoms with Gasteiger partial charge >= 0.3 is 0 Å². The van der Waals surface area contributed by atoms with Crippen molar-refractivity contribution in [2.24, 2.45) is 17.8 Å². The van der Waals surface area contributed by atoms with Crippen molar-refractivity contribution < 1.29 is 23.9 Å². The van der Waals surface area contributed by atoms with Gasteiger partial charge in [0.1, 0.15) is 6.04 Å². The van der Waals surface area contributed by atoms with E-state index in [0.717, 1.165) is 25.7 Å². The van der Waals surface area contributed by atoms with Gasteiger partial charge < -0.3 is 30.5 Å². The summed E-state index contributed by atoms with van der Waals surface area (Å²) < 4.78 is 5.99. The van der Waals surface area contributed by atoms with Gasteiger partial charge in [-0.2, -0.15) is 11.8 Å². The first-order valence-electron chi connectivity index (χ1n) is 17.7. The Morgan fingerprint density at radius 2 is 1.67 bits per heavy atom. The monoisotopic (exact) mass is 689 g/mol. The van der Waals surface area contributed by atoms with Crippen molar-refractivity contribution in [1.29, 1.82) is 0 Å². The number of rotatable bonds is 20. The molecule has 2 rings (SSSR count). The van der Waals surface area contributed by atoms with Gasteiger partial charge in [0, 0.05) is 33.3 Å². The van der Waals surface area contributed by atoms with E-state index in [4.69, 9.17) is 4.74 Å². The molecular weight excluding hydrogens is 627 g/mol. The standard InChI is InChI=1S/C37H63N5O5S/c1-11-26(6)34(41(8)37(46)33(25(4)5)40-36(45)32(38-7)24(2)3)29(47-9)23-31(43)42-21-15-18-28(42)22-30(48-10)35(44)39-20-19-27-16-13-12-14-17-27/h12-14,16-17,24-26,28-30,32-34,38H,11,15,18-23H2,1-10H3,(H,39,44)(H,40,45). The molecule has 1 aromatic rings. The topological polar surface area (TPSA) is 120 Å². The molecule has 0 aliphatic carbocycles. The number of nitrogens with one attached hydrogen (secondary N) is 3. The van der Waals surface area contributed by atoms with Crippen LogP contribution in [0.5, 0.6) is 0 Å². The van der Waals surface area contributed by atoms with E-state index < -0.39 is 18.2 Å². The lowest BCUT2D eigenvalue weighted by Crippen LogP contribution is -2.59. The van der Waals surface area contributed by atoms with E-state index in [0.29, 0.717) is 19.5 Å². The van der Waals surface area contributed by atoms with E-state index in [1.165, 1.54) is 17.3 Å². The Hall–Kier alpha value is -2.63. The Balaban J connectivity index is 2.14. The third-order valence-corrected chi connectivity index (χ3v) is 10.9. The van der Waals surface area contributed by atoms with E-state index in [1.54, 1.807) is 26.1 Å². The van der Waals surface area contributed by atoms with Gasteiger partial charge in [-0.25, -0.2) is 0 Å². The summed E-state index contributed by atoms with van der Waals surface area (Å²) in [5.41, 5.74) is 1.18. The number of ether oxygens (including phenoxy) is 1. The second kappa shape index (κ2) is 20.8. The van der Waals surface area contributed by atoms with Crippen molar-refractivity contribution >= 4 is 35.4 Å². The molecule has 0 spiro atoms. The molecule has 7 atom stereocenters. The van der Waals surface area contributed by atoms with Gasteiger partial charge in [0.25, 0.3) is 0 Å². The predicted octanol–water partition coefficient (Wildman–Crippen LogP) is 4.12. The van der Waals surface area contributed by atoms with Crippen molar-refractivity contribution in [3.63, 3.8) is 0 Å². The van der Waals surface area contributed by atoms with Crippen LogP contribution in [-0.4, -0.2) is 110 Å². The fraction of sp³-hybridized carbons (Fsp3) is 0.730. The number of likely N-dealkylation sites (tertiary alicyclic amines) is 1. The Morgan fingerprint density at radius 1 is 1.02 bits per heavy atom. The van der Waals surface area contributed by atoms with E-state index in [1.807, 2.05) is 57.0 Å². The largest absolute Gasteiger partial charge is 0.379 e. The van der Waals surface area contributed by atoms with Crippen LogP contribution in [0.2, 0.25) is 0 Å². The molecule has 11 heteroatoms. The molecule has 48 heavy (non-hydrogen) atoms. The highest BCUT2D eigenvalue weighted by molar-refractivity contribution is 7.99. The molecule has 1 fully saturated rings. The van der Waals surface area contributed by atoms with Crippen LogP contribution in [-0.2, 0) is 30.3 Å². The third kappa shape index (κ3) is 11.8. The van der Waals surface area contributed by atoms with Crippen LogP contribution in [0.15, 0.2) is 30.3 Å². The zero-order valence-corrected chi connectivity index (χ0v) is 31.9. The average molecular weight is 690 g/mol. The molecule has 0 aromatic heterocycles. The number of methoxy groups -OCH3 is 1. The Bertz CT molecular complexity index is 1150. The van der Waals surface area contributed by atoms with Crippen LogP contribution in [0.1, 0.15) is 79.2 Å². The molecule has 1 aliphatic heterocycles. The van der Waals surface area contributed by atoms with Crippen molar-refractivity contribution in [2.75, 3.05) is 40.6 Å².